The van der Waals surface area contributed by atoms with Crippen LogP contribution in [-0.2, 0) is 30.9 Å². The Labute approximate surface area is 170 Å². The Bertz CT molecular complexity index is 838. The van der Waals surface area contributed by atoms with E-state index in [4.69, 9.17) is 9.47 Å². The Hall–Kier alpha value is -2.68. The first-order valence-electron chi connectivity index (χ1n) is 10.0. The molecule has 0 fully saturated rings. The van der Waals surface area contributed by atoms with Gasteiger partial charge in [0.1, 0.15) is 12.4 Å². The summed E-state index contributed by atoms with van der Waals surface area (Å²) in [6.45, 7) is 6.53. The van der Waals surface area contributed by atoms with Crippen LogP contribution < -0.4 is 15.4 Å². The summed E-state index contributed by atoms with van der Waals surface area (Å²) in [6, 6.07) is 5.14. The lowest BCUT2D eigenvalue weighted by molar-refractivity contribution is 0.177. The van der Waals surface area contributed by atoms with Crippen molar-refractivity contribution in [3.05, 3.63) is 41.2 Å². The number of ether oxygens (including phenoxy) is 2. The van der Waals surface area contributed by atoms with Crippen LogP contribution in [0, 0.1) is 5.82 Å². The van der Waals surface area contributed by atoms with Crippen molar-refractivity contribution in [1.29, 1.82) is 0 Å². The third-order valence-electron chi connectivity index (χ3n) is 4.58. The van der Waals surface area contributed by atoms with Gasteiger partial charge in [-0.05, 0) is 38.0 Å². The Morgan fingerprint density at radius 2 is 2.24 bits per heavy atom. The minimum Gasteiger partial charge on any atom is -0.491 e. The van der Waals surface area contributed by atoms with Crippen molar-refractivity contribution < 1.29 is 13.9 Å². The van der Waals surface area contributed by atoms with E-state index in [9.17, 15) is 4.39 Å². The summed E-state index contributed by atoms with van der Waals surface area (Å²) in [7, 11) is 1.64. The molecule has 0 saturated carbocycles. The molecular formula is C20H29FN6O2. The molecule has 0 aliphatic carbocycles. The molecule has 0 bridgehead atoms. The second kappa shape index (κ2) is 10.2. The highest BCUT2D eigenvalue weighted by atomic mass is 19.1. The zero-order valence-electron chi connectivity index (χ0n) is 17.2. The summed E-state index contributed by atoms with van der Waals surface area (Å²) in [5.74, 6) is 2.30. The topological polar surface area (TPSA) is 85.6 Å². The van der Waals surface area contributed by atoms with Gasteiger partial charge in [-0.1, -0.05) is 6.07 Å². The van der Waals surface area contributed by atoms with E-state index in [0.717, 1.165) is 30.8 Å². The summed E-state index contributed by atoms with van der Waals surface area (Å²) < 4.78 is 26.3. The summed E-state index contributed by atoms with van der Waals surface area (Å²) in [4.78, 5) is 9.11. The number of benzene rings is 1. The number of aryl methyl sites for hydroxylation is 1. The van der Waals surface area contributed by atoms with E-state index >= 15 is 0 Å². The lowest BCUT2D eigenvalue weighted by Crippen LogP contribution is -2.47. The number of nitrogens with one attached hydrogen (secondary N) is 2. The molecule has 2 aromatic rings. The van der Waals surface area contributed by atoms with Crippen LogP contribution in [0.4, 0.5) is 4.39 Å². The number of hydrogen-bond acceptors (Lipinski definition) is 5. The van der Waals surface area contributed by atoms with Gasteiger partial charge in [0, 0.05) is 26.1 Å². The molecule has 8 nitrogen and oxygen atoms in total. The van der Waals surface area contributed by atoms with Crippen LogP contribution in [0.3, 0.4) is 0 Å². The highest BCUT2D eigenvalue weighted by Gasteiger charge is 2.22. The average molecular weight is 404 g/mol. The van der Waals surface area contributed by atoms with E-state index < -0.39 is 0 Å². The minimum atomic E-state index is -0.365. The lowest BCUT2D eigenvalue weighted by atomic mass is 10.1. The highest BCUT2D eigenvalue weighted by Crippen LogP contribution is 2.19. The molecule has 2 heterocycles. The molecule has 0 amide bonds. The zero-order chi connectivity index (χ0) is 20.6. The van der Waals surface area contributed by atoms with E-state index in [1.165, 1.54) is 6.07 Å². The average Bonchev–Trinajstić information content (AvgIpc) is 3.10. The van der Waals surface area contributed by atoms with Crippen molar-refractivity contribution in [3.8, 4) is 5.75 Å². The molecule has 1 unspecified atom stereocenters. The molecule has 1 aliphatic rings. The number of halogens is 1. The van der Waals surface area contributed by atoms with Crippen LogP contribution in [0.5, 0.6) is 5.75 Å². The third kappa shape index (κ3) is 5.66. The first-order valence-corrected chi connectivity index (χ1v) is 10.0. The van der Waals surface area contributed by atoms with Gasteiger partial charge in [-0.3, -0.25) is 0 Å². The monoisotopic (exact) mass is 404 g/mol. The number of guanidine groups is 1. The molecule has 158 valence electrons. The normalized spacial score (nSPS) is 16.4. The van der Waals surface area contributed by atoms with Gasteiger partial charge in [0.2, 0.25) is 0 Å². The molecular weight excluding hydrogens is 375 g/mol. The van der Waals surface area contributed by atoms with Crippen LogP contribution >= 0.6 is 0 Å². The maximum absolute atomic E-state index is 14.1. The second-order valence-corrected chi connectivity index (χ2v) is 6.83. The van der Waals surface area contributed by atoms with Crippen LogP contribution in [0.1, 0.15) is 37.5 Å². The molecule has 1 atom stereocenters. The van der Waals surface area contributed by atoms with Crippen LogP contribution in [0.2, 0.25) is 0 Å². The van der Waals surface area contributed by atoms with Gasteiger partial charge in [-0.15, -0.1) is 0 Å². The van der Waals surface area contributed by atoms with E-state index in [2.05, 4.69) is 25.7 Å². The Balaban J connectivity index is 1.63. The van der Waals surface area contributed by atoms with Gasteiger partial charge in [0.15, 0.2) is 23.4 Å². The molecule has 1 aromatic carbocycles. The summed E-state index contributed by atoms with van der Waals surface area (Å²) in [5, 5.41) is 11.2. The van der Waals surface area contributed by atoms with Gasteiger partial charge in [0.05, 0.1) is 19.7 Å². The lowest BCUT2D eigenvalue weighted by Gasteiger charge is -2.25. The SMILES string of the molecule is CCNC(=NCc1ccc(OCC)c(F)c1)NC1CCc2nc(COC)nn2C1. The molecule has 3 rings (SSSR count). The largest absolute Gasteiger partial charge is 0.491 e. The molecule has 1 aliphatic heterocycles. The molecule has 1 aromatic heterocycles. The number of fused-ring (bicyclic) bond motifs is 1. The minimum absolute atomic E-state index is 0.189. The van der Waals surface area contributed by atoms with E-state index in [1.54, 1.807) is 13.2 Å². The molecule has 0 radical (unpaired) electrons. The fraction of sp³-hybridized carbons (Fsp3) is 0.550. The number of rotatable bonds is 8. The van der Waals surface area contributed by atoms with Gasteiger partial charge >= 0.3 is 0 Å². The van der Waals surface area contributed by atoms with E-state index in [0.29, 0.717) is 38.1 Å². The quantitative estimate of drug-likeness (QED) is 0.517. The Morgan fingerprint density at radius 1 is 1.38 bits per heavy atom. The number of methoxy groups -OCH3 is 1. The fourth-order valence-electron chi connectivity index (χ4n) is 3.27. The van der Waals surface area contributed by atoms with Gasteiger partial charge in [-0.2, -0.15) is 5.10 Å². The van der Waals surface area contributed by atoms with Crippen molar-refractivity contribution in [3.63, 3.8) is 0 Å². The predicted octanol–water partition coefficient (Wildman–Crippen LogP) is 2.03. The number of aliphatic imine (C=N–C) groups is 1. The van der Waals surface area contributed by atoms with Crippen molar-refractivity contribution >= 4 is 5.96 Å². The zero-order valence-corrected chi connectivity index (χ0v) is 17.2. The van der Waals surface area contributed by atoms with E-state index in [1.807, 2.05) is 24.6 Å². The van der Waals surface area contributed by atoms with Gasteiger partial charge in [0.25, 0.3) is 0 Å². The van der Waals surface area contributed by atoms with Crippen molar-refractivity contribution in [2.45, 2.75) is 52.4 Å². The Morgan fingerprint density at radius 3 is 2.97 bits per heavy atom. The second-order valence-electron chi connectivity index (χ2n) is 6.83. The summed E-state index contributed by atoms with van der Waals surface area (Å²) >= 11 is 0. The molecule has 2 N–H and O–H groups in total. The Kier molecular flexibility index (Phi) is 7.40. The van der Waals surface area contributed by atoms with Crippen LogP contribution in [0.15, 0.2) is 23.2 Å². The van der Waals surface area contributed by atoms with Crippen molar-refractivity contribution in [2.75, 3.05) is 20.3 Å². The first-order chi connectivity index (χ1) is 14.1. The number of hydrogen-bond donors (Lipinski definition) is 2. The van der Waals surface area contributed by atoms with Crippen LogP contribution in [0.25, 0.3) is 0 Å². The van der Waals surface area contributed by atoms with Crippen LogP contribution in [-0.4, -0.2) is 47.0 Å². The van der Waals surface area contributed by atoms with Gasteiger partial charge < -0.3 is 20.1 Å². The maximum Gasteiger partial charge on any atom is 0.191 e. The van der Waals surface area contributed by atoms with E-state index in [-0.39, 0.29) is 17.6 Å². The standard InChI is InChI=1S/C20H29FN6O2/c1-4-22-20(23-11-14-6-8-17(29-5-2)16(21)10-14)24-15-7-9-19-25-18(13-28-3)26-27(19)12-15/h6,8,10,15H,4-5,7,9,11-13H2,1-3H3,(H2,22,23,24). The molecule has 0 saturated heterocycles. The summed E-state index contributed by atoms with van der Waals surface area (Å²) in [5.41, 5.74) is 0.787. The van der Waals surface area contributed by atoms with Gasteiger partial charge in [-0.25, -0.2) is 19.0 Å². The predicted molar refractivity (Wildman–Crippen MR) is 108 cm³/mol. The third-order valence-corrected chi connectivity index (χ3v) is 4.58. The number of aromatic nitrogens is 3. The molecule has 0 spiro atoms. The number of nitrogens with zero attached hydrogens (tertiary/aromatic N) is 4. The molecule has 9 heteroatoms. The fourth-order valence-corrected chi connectivity index (χ4v) is 3.27. The maximum atomic E-state index is 14.1. The first kappa shape index (κ1) is 21.0. The smallest absolute Gasteiger partial charge is 0.191 e. The van der Waals surface area contributed by atoms with Crippen molar-refractivity contribution in [2.24, 2.45) is 4.99 Å². The highest BCUT2D eigenvalue weighted by molar-refractivity contribution is 5.80. The summed E-state index contributed by atoms with van der Waals surface area (Å²) in [6.07, 6.45) is 1.78. The molecule has 29 heavy (non-hydrogen) atoms. The van der Waals surface area contributed by atoms with Crippen molar-refractivity contribution in [1.82, 2.24) is 25.4 Å².